The molecule has 0 atom stereocenters. The van der Waals surface area contributed by atoms with Gasteiger partial charge >= 0.3 is 12.0 Å². The Bertz CT molecular complexity index is 825. The number of halogens is 2. The van der Waals surface area contributed by atoms with Crippen LogP contribution in [0.3, 0.4) is 0 Å². The molecule has 6 nitrogen and oxygen atoms in total. The van der Waals surface area contributed by atoms with E-state index in [2.05, 4.69) is 15.6 Å². The van der Waals surface area contributed by atoms with Crippen LogP contribution in [-0.2, 0) is 4.74 Å². The number of hydrogen-bond donors (Lipinski definition) is 2. The van der Waals surface area contributed by atoms with E-state index >= 15 is 0 Å². The number of pyridine rings is 1. The van der Waals surface area contributed by atoms with Gasteiger partial charge in [0, 0.05) is 6.07 Å². The maximum Gasteiger partial charge on any atom is 0.340 e. The number of rotatable bonds is 4. The Morgan fingerprint density at radius 2 is 1.76 bits per heavy atom. The van der Waals surface area contributed by atoms with Gasteiger partial charge < -0.3 is 15.4 Å². The highest BCUT2D eigenvalue weighted by Crippen LogP contribution is 2.20. The summed E-state index contributed by atoms with van der Waals surface area (Å²) in [6, 6.07) is 3.34. The molecule has 8 heteroatoms. The number of aryl methyl sites for hydroxylation is 2. The van der Waals surface area contributed by atoms with Gasteiger partial charge in [-0.05, 0) is 39.0 Å². The SMILES string of the molecule is CCOC(=O)c1cc(NC(=O)Nc2cc(F)ccc2F)c(C)nc1C. The van der Waals surface area contributed by atoms with Crippen molar-refractivity contribution in [3.05, 3.63) is 52.9 Å². The summed E-state index contributed by atoms with van der Waals surface area (Å²) >= 11 is 0. The molecule has 1 aromatic heterocycles. The number of urea groups is 1. The van der Waals surface area contributed by atoms with Crippen LogP contribution >= 0.6 is 0 Å². The molecule has 1 heterocycles. The molecule has 25 heavy (non-hydrogen) atoms. The molecule has 0 aliphatic rings. The molecule has 0 aliphatic heterocycles. The number of aromatic nitrogens is 1. The van der Waals surface area contributed by atoms with Crippen molar-refractivity contribution in [1.29, 1.82) is 0 Å². The lowest BCUT2D eigenvalue weighted by Gasteiger charge is -2.13. The summed E-state index contributed by atoms with van der Waals surface area (Å²) in [6.45, 7) is 5.16. The maximum atomic E-state index is 13.6. The Hall–Kier alpha value is -3.03. The van der Waals surface area contributed by atoms with Crippen molar-refractivity contribution < 1.29 is 23.1 Å². The van der Waals surface area contributed by atoms with E-state index in [0.717, 1.165) is 18.2 Å². The number of nitrogens with one attached hydrogen (secondary N) is 2. The van der Waals surface area contributed by atoms with Crippen LogP contribution in [0.25, 0.3) is 0 Å². The summed E-state index contributed by atoms with van der Waals surface area (Å²) in [5, 5.41) is 4.67. The summed E-state index contributed by atoms with van der Waals surface area (Å²) in [4.78, 5) is 28.1. The zero-order valence-electron chi connectivity index (χ0n) is 13.9. The predicted molar refractivity (Wildman–Crippen MR) is 88.7 cm³/mol. The first-order chi connectivity index (χ1) is 11.8. The zero-order valence-corrected chi connectivity index (χ0v) is 13.9. The number of carbonyl (C=O) groups is 2. The van der Waals surface area contributed by atoms with E-state index in [9.17, 15) is 18.4 Å². The quantitative estimate of drug-likeness (QED) is 0.823. The highest BCUT2D eigenvalue weighted by molar-refractivity contribution is 6.01. The molecular formula is C17H17F2N3O3. The summed E-state index contributed by atoms with van der Waals surface area (Å²) in [6.07, 6.45) is 0. The molecule has 0 bridgehead atoms. The van der Waals surface area contributed by atoms with Gasteiger partial charge in [0.1, 0.15) is 11.6 Å². The van der Waals surface area contributed by atoms with Crippen LogP contribution in [0, 0.1) is 25.5 Å². The third-order valence-corrected chi connectivity index (χ3v) is 3.32. The number of anilines is 2. The number of carbonyl (C=O) groups excluding carboxylic acids is 2. The first kappa shape index (κ1) is 18.3. The molecule has 0 saturated carbocycles. The minimum atomic E-state index is -0.798. The van der Waals surface area contributed by atoms with E-state index in [1.54, 1.807) is 20.8 Å². The number of ether oxygens (including phenoxy) is 1. The molecule has 0 unspecified atom stereocenters. The van der Waals surface area contributed by atoms with Gasteiger partial charge in [0.15, 0.2) is 0 Å². The van der Waals surface area contributed by atoms with Crippen molar-refractivity contribution in [2.75, 3.05) is 17.2 Å². The van der Waals surface area contributed by atoms with Gasteiger partial charge in [-0.3, -0.25) is 4.98 Å². The van der Waals surface area contributed by atoms with Gasteiger partial charge in [0.2, 0.25) is 0 Å². The van der Waals surface area contributed by atoms with Gasteiger partial charge in [0.05, 0.1) is 34.9 Å². The molecule has 0 fully saturated rings. The number of esters is 1. The molecule has 132 valence electrons. The maximum absolute atomic E-state index is 13.6. The Morgan fingerprint density at radius 1 is 1.08 bits per heavy atom. The summed E-state index contributed by atoms with van der Waals surface area (Å²) in [5.74, 6) is -2.02. The van der Waals surface area contributed by atoms with E-state index in [1.165, 1.54) is 6.07 Å². The molecule has 2 rings (SSSR count). The molecule has 0 aliphatic carbocycles. The van der Waals surface area contributed by atoms with Crippen LogP contribution in [0.4, 0.5) is 25.0 Å². The molecule has 2 N–H and O–H groups in total. The van der Waals surface area contributed by atoms with E-state index in [1.807, 2.05) is 0 Å². The minimum absolute atomic E-state index is 0.203. The Kier molecular flexibility index (Phi) is 5.63. The summed E-state index contributed by atoms with van der Waals surface area (Å²) in [5.41, 5.74) is 1.07. The lowest BCUT2D eigenvalue weighted by molar-refractivity contribution is 0.0525. The van der Waals surface area contributed by atoms with E-state index < -0.39 is 23.6 Å². The van der Waals surface area contributed by atoms with Crippen molar-refractivity contribution in [3.63, 3.8) is 0 Å². The van der Waals surface area contributed by atoms with Crippen LogP contribution < -0.4 is 10.6 Å². The normalized spacial score (nSPS) is 10.3. The van der Waals surface area contributed by atoms with Crippen molar-refractivity contribution in [2.45, 2.75) is 20.8 Å². The fourth-order valence-corrected chi connectivity index (χ4v) is 2.14. The van der Waals surface area contributed by atoms with E-state index in [-0.39, 0.29) is 23.5 Å². The average Bonchev–Trinajstić information content (AvgIpc) is 2.53. The largest absolute Gasteiger partial charge is 0.462 e. The molecular weight excluding hydrogens is 332 g/mol. The molecule has 2 aromatic rings. The second-order valence-electron chi connectivity index (χ2n) is 5.18. The Balaban J connectivity index is 2.21. The van der Waals surface area contributed by atoms with Crippen LogP contribution in [-0.4, -0.2) is 23.6 Å². The monoisotopic (exact) mass is 349 g/mol. The lowest BCUT2D eigenvalue weighted by Crippen LogP contribution is -2.22. The summed E-state index contributed by atoms with van der Waals surface area (Å²) < 4.78 is 31.7. The van der Waals surface area contributed by atoms with Gasteiger partial charge in [-0.2, -0.15) is 0 Å². The highest BCUT2D eigenvalue weighted by Gasteiger charge is 2.16. The molecule has 0 radical (unpaired) electrons. The van der Waals surface area contributed by atoms with Gasteiger partial charge in [0.25, 0.3) is 0 Å². The zero-order chi connectivity index (χ0) is 18.6. The van der Waals surface area contributed by atoms with Gasteiger partial charge in [-0.15, -0.1) is 0 Å². The van der Waals surface area contributed by atoms with Crippen LogP contribution in [0.1, 0.15) is 28.7 Å². The number of benzene rings is 1. The minimum Gasteiger partial charge on any atom is -0.462 e. The van der Waals surface area contributed by atoms with Gasteiger partial charge in [-0.25, -0.2) is 18.4 Å². The second kappa shape index (κ2) is 7.69. The highest BCUT2D eigenvalue weighted by atomic mass is 19.1. The fourth-order valence-electron chi connectivity index (χ4n) is 2.14. The van der Waals surface area contributed by atoms with Crippen LogP contribution in [0.15, 0.2) is 24.3 Å². The van der Waals surface area contributed by atoms with Crippen molar-refractivity contribution in [3.8, 4) is 0 Å². The fraction of sp³-hybridized carbons (Fsp3) is 0.235. The van der Waals surface area contributed by atoms with Crippen LogP contribution in [0.5, 0.6) is 0 Å². The van der Waals surface area contributed by atoms with Crippen molar-refractivity contribution >= 4 is 23.4 Å². The van der Waals surface area contributed by atoms with Crippen molar-refractivity contribution in [2.24, 2.45) is 0 Å². The third kappa shape index (κ3) is 4.50. The first-order valence-electron chi connectivity index (χ1n) is 7.50. The van der Waals surface area contributed by atoms with Gasteiger partial charge in [-0.1, -0.05) is 0 Å². The Labute approximate surface area is 143 Å². The molecule has 1 aromatic carbocycles. The average molecular weight is 349 g/mol. The third-order valence-electron chi connectivity index (χ3n) is 3.32. The van der Waals surface area contributed by atoms with E-state index in [4.69, 9.17) is 4.74 Å². The number of nitrogens with zero attached hydrogens (tertiary/aromatic N) is 1. The lowest BCUT2D eigenvalue weighted by atomic mass is 10.1. The van der Waals surface area contributed by atoms with Crippen molar-refractivity contribution in [1.82, 2.24) is 4.98 Å². The van der Waals surface area contributed by atoms with E-state index in [0.29, 0.717) is 11.4 Å². The predicted octanol–water partition coefficient (Wildman–Crippen LogP) is 3.80. The smallest absolute Gasteiger partial charge is 0.340 e. The van der Waals surface area contributed by atoms with Crippen LogP contribution in [0.2, 0.25) is 0 Å². The number of amides is 2. The molecule has 0 spiro atoms. The summed E-state index contributed by atoms with van der Waals surface area (Å²) in [7, 11) is 0. The number of hydrogen-bond acceptors (Lipinski definition) is 4. The first-order valence-corrected chi connectivity index (χ1v) is 7.50. The molecule has 0 saturated heterocycles. The second-order valence-corrected chi connectivity index (χ2v) is 5.18. The standard InChI is InChI=1S/C17H17F2N3O3/c1-4-25-16(23)12-8-14(10(3)20-9(12)2)21-17(24)22-15-7-11(18)5-6-13(15)19/h5-8H,4H2,1-3H3,(H2,21,22,24). The Morgan fingerprint density at radius 3 is 2.44 bits per heavy atom. The topological polar surface area (TPSA) is 80.3 Å². The molecule has 2 amide bonds.